The Kier molecular flexibility index (Phi) is 3.97. The number of carbonyl (C=O) groups is 1. The number of ketones is 1. The molecule has 0 radical (unpaired) electrons. The fraction of sp³-hybridized carbons (Fsp3) is 0.273. The third-order valence-corrected chi connectivity index (χ3v) is 5.40. The maximum absolute atomic E-state index is 13.5. The second-order valence-electron chi connectivity index (χ2n) is 7.05. The van der Waals surface area contributed by atoms with Crippen molar-refractivity contribution in [2.45, 2.75) is 19.3 Å². The summed E-state index contributed by atoms with van der Waals surface area (Å²) in [6.45, 7) is 2.01. The van der Waals surface area contributed by atoms with Crippen LogP contribution in [-0.2, 0) is 4.84 Å². The zero-order valence-electron chi connectivity index (χ0n) is 16.3. The Morgan fingerprint density at radius 2 is 1.83 bits per heavy atom. The molecule has 1 aromatic heterocycles. The SMILES string of the molecule is CO/N=C1/CC(c2ccc(OC)c3oc(C)cc23)C(=O)c2cc3c(cc21)OCO3. The normalized spacial score (nSPS) is 18.9. The number of oxime groups is 1. The highest BCUT2D eigenvalue weighted by Gasteiger charge is 2.36. The number of hydrogen-bond acceptors (Lipinski definition) is 7. The first kappa shape index (κ1) is 17.6. The van der Waals surface area contributed by atoms with E-state index in [9.17, 15) is 4.79 Å². The summed E-state index contributed by atoms with van der Waals surface area (Å²) in [7, 11) is 3.09. The number of rotatable bonds is 3. The summed E-state index contributed by atoms with van der Waals surface area (Å²) in [6.07, 6.45) is 0.408. The minimum atomic E-state index is -0.429. The average molecular weight is 393 g/mol. The molecule has 1 unspecified atom stereocenters. The van der Waals surface area contributed by atoms with Crippen LogP contribution in [0.15, 0.2) is 39.9 Å². The van der Waals surface area contributed by atoms with Crippen molar-refractivity contribution in [3.05, 3.63) is 52.8 Å². The van der Waals surface area contributed by atoms with Gasteiger partial charge in [-0.1, -0.05) is 11.2 Å². The number of furan rings is 1. The van der Waals surface area contributed by atoms with Crippen LogP contribution in [0.5, 0.6) is 17.2 Å². The van der Waals surface area contributed by atoms with Gasteiger partial charge >= 0.3 is 0 Å². The monoisotopic (exact) mass is 393 g/mol. The molecule has 1 aliphatic carbocycles. The highest BCUT2D eigenvalue weighted by Crippen LogP contribution is 2.43. The van der Waals surface area contributed by atoms with Crippen molar-refractivity contribution < 1.29 is 28.3 Å². The van der Waals surface area contributed by atoms with Gasteiger partial charge in [-0.2, -0.15) is 0 Å². The third kappa shape index (κ3) is 2.65. The van der Waals surface area contributed by atoms with Gasteiger partial charge in [0.2, 0.25) is 6.79 Å². The Morgan fingerprint density at radius 3 is 2.55 bits per heavy atom. The maximum Gasteiger partial charge on any atom is 0.231 e. The molecule has 3 aromatic rings. The lowest BCUT2D eigenvalue weighted by Crippen LogP contribution is -2.26. The summed E-state index contributed by atoms with van der Waals surface area (Å²) in [5.41, 5.74) is 3.46. The van der Waals surface area contributed by atoms with Crippen molar-refractivity contribution in [3.63, 3.8) is 0 Å². The average Bonchev–Trinajstić information content (AvgIpc) is 3.34. The lowest BCUT2D eigenvalue weighted by molar-refractivity contribution is 0.0957. The summed E-state index contributed by atoms with van der Waals surface area (Å²) < 4.78 is 22.2. The standard InChI is InChI=1S/C22H19NO6/c1-11-6-16-12(4-5-18(25-2)22(16)29-11)14-7-17(23-26-3)13-8-19-20(28-10-27-19)9-15(13)21(14)24/h4-6,8-9,14H,7,10H2,1-3H3/b23-17-. The van der Waals surface area contributed by atoms with E-state index in [-0.39, 0.29) is 12.6 Å². The van der Waals surface area contributed by atoms with E-state index in [2.05, 4.69) is 5.16 Å². The van der Waals surface area contributed by atoms with E-state index < -0.39 is 5.92 Å². The van der Waals surface area contributed by atoms with Crippen molar-refractivity contribution in [1.82, 2.24) is 0 Å². The molecule has 5 rings (SSSR count). The quantitative estimate of drug-likeness (QED) is 0.621. The highest BCUT2D eigenvalue weighted by atomic mass is 16.7. The van der Waals surface area contributed by atoms with Gasteiger partial charge in [-0.25, -0.2) is 0 Å². The lowest BCUT2D eigenvalue weighted by Gasteiger charge is -2.25. The van der Waals surface area contributed by atoms with Gasteiger partial charge in [0, 0.05) is 22.9 Å². The van der Waals surface area contributed by atoms with Gasteiger partial charge in [0.05, 0.1) is 18.7 Å². The second kappa shape index (κ2) is 6.55. The molecule has 148 valence electrons. The summed E-state index contributed by atoms with van der Waals surface area (Å²) in [5, 5.41) is 5.06. The van der Waals surface area contributed by atoms with Crippen molar-refractivity contribution in [1.29, 1.82) is 0 Å². The predicted molar refractivity (Wildman–Crippen MR) is 105 cm³/mol. The van der Waals surface area contributed by atoms with Crippen LogP contribution in [0, 0.1) is 6.92 Å². The summed E-state index contributed by atoms with van der Waals surface area (Å²) >= 11 is 0. The fourth-order valence-corrected chi connectivity index (χ4v) is 4.12. The molecular weight excluding hydrogens is 374 g/mol. The molecule has 7 nitrogen and oxygen atoms in total. The van der Waals surface area contributed by atoms with Crippen molar-refractivity contribution in [2.24, 2.45) is 5.16 Å². The van der Waals surface area contributed by atoms with Crippen LogP contribution < -0.4 is 14.2 Å². The number of nitrogens with zero attached hydrogens (tertiary/aromatic N) is 1. The van der Waals surface area contributed by atoms with Crippen LogP contribution in [0.1, 0.15) is 39.6 Å². The van der Waals surface area contributed by atoms with Crippen molar-refractivity contribution >= 4 is 22.5 Å². The van der Waals surface area contributed by atoms with Gasteiger partial charge < -0.3 is 23.5 Å². The molecule has 0 saturated heterocycles. The number of aryl methyl sites for hydroxylation is 1. The lowest BCUT2D eigenvalue weighted by atomic mass is 9.77. The molecule has 1 aliphatic heterocycles. The first-order valence-electron chi connectivity index (χ1n) is 9.26. The molecule has 0 saturated carbocycles. The second-order valence-corrected chi connectivity index (χ2v) is 7.05. The molecule has 2 aliphatic rings. The molecule has 0 bridgehead atoms. The van der Waals surface area contributed by atoms with E-state index in [1.807, 2.05) is 25.1 Å². The molecule has 7 heteroatoms. The number of methoxy groups -OCH3 is 1. The van der Waals surface area contributed by atoms with Gasteiger partial charge in [0.1, 0.15) is 12.9 Å². The van der Waals surface area contributed by atoms with Crippen LogP contribution in [-0.4, -0.2) is 32.5 Å². The van der Waals surface area contributed by atoms with E-state index in [0.29, 0.717) is 46.1 Å². The van der Waals surface area contributed by atoms with Crippen LogP contribution in [0.25, 0.3) is 11.0 Å². The zero-order chi connectivity index (χ0) is 20.1. The van der Waals surface area contributed by atoms with E-state index in [1.165, 1.54) is 7.11 Å². The first-order valence-corrected chi connectivity index (χ1v) is 9.26. The van der Waals surface area contributed by atoms with E-state index >= 15 is 0 Å². The third-order valence-electron chi connectivity index (χ3n) is 5.40. The number of fused-ring (bicyclic) bond motifs is 3. The summed E-state index contributed by atoms with van der Waals surface area (Å²) in [6, 6.07) is 9.22. The fourth-order valence-electron chi connectivity index (χ4n) is 4.12. The number of carbonyl (C=O) groups excluding carboxylic acids is 1. The van der Waals surface area contributed by atoms with Crippen LogP contribution in [0.4, 0.5) is 0 Å². The van der Waals surface area contributed by atoms with Gasteiger partial charge in [0.15, 0.2) is 28.6 Å². The number of benzene rings is 2. The van der Waals surface area contributed by atoms with Gasteiger partial charge in [-0.3, -0.25) is 4.79 Å². The highest BCUT2D eigenvalue weighted by molar-refractivity contribution is 6.19. The Morgan fingerprint density at radius 1 is 1.07 bits per heavy atom. The van der Waals surface area contributed by atoms with E-state index in [1.54, 1.807) is 19.2 Å². The first-order chi connectivity index (χ1) is 14.1. The van der Waals surface area contributed by atoms with Crippen LogP contribution >= 0.6 is 0 Å². The molecule has 2 aromatic carbocycles. The van der Waals surface area contributed by atoms with Gasteiger partial charge in [-0.15, -0.1) is 0 Å². The molecule has 0 N–H and O–H groups in total. The van der Waals surface area contributed by atoms with E-state index in [4.69, 9.17) is 23.5 Å². The van der Waals surface area contributed by atoms with Crippen LogP contribution in [0.3, 0.4) is 0 Å². The largest absolute Gasteiger partial charge is 0.493 e. The van der Waals surface area contributed by atoms with Gasteiger partial charge in [0.25, 0.3) is 0 Å². The molecule has 0 fully saturated rings. The predicted octanol–water partition coefficient (Wildman–Crippen LogP) is 4.20. The van der Waals surface area contributed by atoms with Crippen molar-refractivity contribution in [3.8, 4) is 17.2 Å². The van der Waals surface area contributed by atoms with E-state index in [0.717, 1.165) is 16.7 Å². The topological polar surface area (TPSA) is 79.5 Å². The Bertz CT molecular complexity index is 1180. The van der Waals surface area contributed by atoms with Crippen molar-refractivity contribution in [2.75, 3.05) is 21.0 Å². The Balaban J connectivity index is 1.69. The van der Waals surface area contributed by atoms with Gasteiger partial charge in [-0.05, 0) is 36.8 Å². The molecule has 2 heterocycles. The molecular formula is C22H19NO6. The number of ether oxygens (including phenoxy) is 3. The summed E-state index contributed by atoms with van der Waals surface area (Å²) in [5.74, 6) is 2.13. The molecule has 0 spiro atoms. The maximum atomic E-state index is 13.5. The minimum Gasteiger partial charge on any atom is -0.493 e. The number of Topliss-reactive ketones (excluding diaryl/α,β-unsaturated/α-hetero) is 1. The van der Waals surface area contributed by atoms with Crippen LogP contribution in [0.2, 0.25) is 0 Å². The molecule has 1 atom stereocenters. The molecule has 0 amide bonds. The summed E-state index contributed by atoms with van der Waals surface area (Å²) in [4.78, 5) is 18.6. The Hall–Kier alpha value is -3.48. The molecule has 29 heavy (non-hydrogen) atoms. The smallest absolute Gasteiger partial charge is 0.231 e. The Labute approximate surface area is 166 Å². The minimum absolute atomic E-state index is 0.00123. The zero-order valence-corrected chi connectivity index (χ0v) is 16.3. The number of hydrogen-bond donors (Lipinski definition) is 0.